The van der Waals surface area contributed by atoms with Crippen molar-refractivity contribution >= 4 is 34.0 Å². The van der Waals surface area contributed by atoms with Crippen LogP contribution in [0.3, 0.4) is 0 Å². The van der Waals surface area contributed by atoms with Crippen LogP contribution in [0.4, 0.5) is 5.69 Å². The lowest BCUT2D eigenvalue weighted by molar-refractivity contribution is -0.117. The number of benzene rings is 1. The molecule has 0 unspecified atom stereocenters. The van der Waals surface area contributed by atoms with Crippen molar-refractivity contribution in [2.24, 2.45) is 5.73 Å². The van der Waals surface area contributed by atoms with Gasteiger partial charge in [-0.15, -0.1) is 12.4 Å². The normalized spacial score (nSPS) is 12.4. The van der Waals surface area contributed by atoms with E-state index in [-0.39, 0.29) is 23.2 Å². The zero-order valence-corrected chi connectivity index (χ0v) is 12.6. The second kappa shape index (κ2) is 6.85. The Morgan fingerprint density at radius 3 is 2.42 bits per heavy atom. The molecule has 108 valence electrons. The van der Waals surface area contributed by atoms with Gasteiger partial charge in [-0.1, -0.05) is 6.07 Å². The number of carbonyl (C=O) groups excluding carboxylic acids is 1. The van der Waals surface area contributed by atoms with E-state index in [4.69, 9.17) is 5.73 Å². The van der Waals surface area contributed by atoms with Crippen LogP contribution < -0.4 is 15.8 Å². The first-order valence-electron chi connectivity index (χ1n) is 5.38. The molecule has 1 atom stereocenters. The Morgan fingerprint density at radius 2 is 1.95 bits per heavy atom. The number of hydrogen-bond acceptors (Lipinski definition) is 4. The first kappa shape index (κ1) is 17.8. The standard InChI is InChI=1S/C11H17N3O3S.ClH/c1-7-4-5-9(14-11(15)8(2)12)6-10(7)18(16,17)13-3;/h4-6,8,13H,12H2,1-3H3,(H,14,15);1H/t8-;/m1./s1. The van der Waals surface area contributed by atoms with E-state index >= 15 is 0 Å². The fraction of sp³-hybridized carbons (Fsp3) is 0.364. The van der Waals surface area contributed by atoms with Gasteiger partial charge in [-0.3, -0.25) is 4.79 Å². The summed E-state index contributed by atoms with van der Waals surface area (Å²) in [6.45, 7) is 3.23. The number of carbonyl (C=O) groups is 1. The second-order valence-electron chi connectivity index (χ2n) is 3.97. The van der Waals surface area contributed by atoms with Crippen molar-refractivity contribution in [3.63, 3.8) is 0 Å². The summed E-state index contributed by atoms with van der Waals surface area (Å²) >= 11 is 0. The molecule has 0 aromatic heterocycles. The van der Waals surface area contributed by atoms with Gasteiger partial charge in [0, 0.05) is 5.69 Å². The quantitative estimate of drug-likeness (QED) is 0.758. The molecule has 0 aliphatic carbocycles. The maximum atomic E-state index is 11.7. The number of sulfonamides is 1. The highest BCUT2D eigenvalue weighted by molar-refractivity contribution is 7.89. The lowest BCUT2D eigenvalue weighted by Gasteiger charge is -2.11. The summed E-state index contributed by atoms with van der Waals surface area (Å²) in [6.07, 6.45) is 0. The topological polar surface area (TPSA) is 101 Å². The van der Waals surface area contributed by atoms with Crippen LogP contribution in [-0.2, 0) is 14.8 Å². The Hall–Kier alpha value is -1.15. The monoisotopic (exact) mass is 307 g/mol. The third-order valence-electron chi connectivity index (χ3n) is 2.43. The molecular weight excluding hydrogens is 290 g/mol. The maximum absolute atomic E-state index is 11.7. The lowest BCUT2D eigenvalue weighted by atomic mass is 10.2. The zero-order chi connectivity index (χ0) is 13.9. The van der Waals surface area contributed by atoms with Crippen molar-refractivity contribution in [2.45, 2.75) is 24.8 Å². The van der Waals surface area contributed by atoms with Crippen molar-refractivity contribution < 1.29 is 13.2 Å². The highest BCUT2D eigenvalue weighted by Gasteiger charge is 2.16. The number of nitrogens with two attached hydrogens (primary N) is 1. The molecule has 0 spiro atoms. The molecule has 0 saturated heterocycles. The number of aryl methyl sites for hydroxylation is 1. The molecule has 0 aliphatic rings. The van der Waals surface area contributed by atoms with E-state index in [1.165, 1.54) is 13.1 Å². The van der Waals surface area contributed by atoms with Crippen molar-refractivity contribution in [1.82, 2.24) is 4.72 Å². The van der Waals surface area contributed by atoms with E-state index in [9.17, 15) is 13.2 Å². The first-order chi connectivity index (χ1) is 8.27. The van der Waals surface area contributed by atoms with E-state index in [2.05, 4.69) is 10.0 Å². The third kappa shape index (κ3) is 4.46. The molecule has 1 aromatic rings. The second-order valence-corrected chi connectivity index (χ2v) is 5.82. The van der Waals surface area contributed by atoms with E-state index < -0.39 is 16.1 Å². The molecule has 0 radical (unpaired) electrons. The molecule has 1 aromatic carbocycles. The average Bonchev–Trinajstić information content (AvgIpc) is 2.31. The number of amides is 1. The van der Waals surface area contributed by atoms with Gasteiger partial charge >= 0.3 is 0 Å². The minimum Gasteiger partial charge on any atom is -0.325 e. The molecule has 0 bridgehead atoms. The summed E-state index contributed by atoms with van der Waals surface area (Å²) in [7, 11) is -2.20. The molecule has 1 rings (SSSR count). The fourth-order valence-electron chi connectivity index (χ4n) is 1.33. The van der Waals surface area contributed by atoms with Crippen molar-refractivity contribution in [1.29, 1.82) is 0 Å². The zero-order valence-electron chi connectivity index (χ0n) is 10.9. The number of anilines is 1. The predicted molar refractivity (Wildman–Crippen MR) is 77.0 cm³/mol. The summed E-state index contributed by atoms with van der Waals surface area (Å²) in [4.78, 5) is 11.6. The van der Waals surface area contributed by atoms with E-state index in [1.807, 2.05) is 0 Å². The molecule has 6 nitrogen and oxygen atoms in total. The molecule has 0 aliphatic heterocycles. The third-order valence-corrected chi connectivity index (χ3v) is 3.98. The van der Waals surface area contributed by atoms with Crippen molar-refractivity contribution in [3.8, 4) is 0 Å². The van der Waals surface area contributed by atoms with Gasteiger partial charge < -0.3 is 11.1 Å². The Kier molecular flexibility index (Phi) is 6.44. The summed E-state index contributed by atoms with van der Waals surface area (Å²) in [5.74, 6) is -0.369. The molecule has 1 amide bonds. The first-order valence-corrected chi connectivity index (χ1v) is 6.87. The Bertz CT molecular complexity index is 558. The molecule has 8 heteroatoms. The average molecular weight is 308 g/mol. The van der Waals surface area contributed by atoms with Crippen molar-refractivity contribution in [2.75, 3.05) is 12.4 Å². The minimum atomic E-state index is -3.54. The summed E-state index contributed by atoms with van der Waals surface area (Å²) in [6, 6.07) is 4.00. The number of rotatable bonds is 4. The van der Waals surface area contributed by atoms with Gasteiger partial charge in [0.1, 0.15) is 0 Å². The molecule has 0 fully saturated rings. The fourth-order valence-corrected chi connectivity index (χ4v) is 2.33. The lowest BCUT2D eigenvalue weighted by Crippen LogP contribution is -2.32. The Morgan fingerprint density at radius 1 is 1.37 bits per heavy atom. The summed E-state index contributed by atoms with van der Waals surface area (Å²) in [5.41, 5.74) is 6.42. The van der Waals surface area contributed by atoms with E-state index in [0.717, 1.165) is 0 Å². The van der Waals surface area contributed by atoms with Crippen LogP contribution >= 0.6 is 12.4 Å². The van der Waals surface area contributed by atoms with Crippen molar-refractivity contribution in [3.05, 3.63) is 23.8 Å². The molecule has 19 heavy (non-hydrogen) atoms. The van der Waals surface area contributed by atoms with Gasteiger partial charge in [-0.05, 0) is 38.6 Å². The van der Waals surface area contributed by atoms with E-state index in [0.29, 0.717) is 11.3 Å². The number of nitrogens with one attached hydrogen (secondary N) is 2. The van der Waals surface area contributed by atoms with Crippen LogP contribution in [0.25, 0.3) is 0 Å². The van der Waals surface area contributed by atoms with Gasteiger partial charge in [-0.25, -0.2) is 13.1 Å². The molecule has 0 heterocycles. The van der Waals surface area contributed by atoms with E-state index in [1.54, 1.807) is 26.0 Å². The predicted octanol–water partition coefficient (Wildman–Crippen LogP) is 0.611. The largest absolute Gasteiger partial charge is 0.325 e. The minimum absolute atomic E-state index is 0. The van der Waals surface area contributed by atoms with Crippen LogP contribution in [0.2, 0.25) is 0 Å². The van der Waals surface area contributed by atoms with Gasteiger partial charge in [0.05, 0.1) is 10.9 Å². The van der Waals surface area contributed by atoms with Crippen LogP contribution in [-0.4, -0.2) is 27.4 Å². The maximum Gasteiger partial charge on any atom is 0.240 e. The molecule has 0 saturated carbocycles. The highest BCUT2D eigenvalue weighted by Crippen LogP contribution is 2.19. The molecular formula is C11H18ClN3O3S. The Labute approximate surface area is 119 Å². The van der Waals surface area contributed by atoms with Gasteiger partial charge in [-0.2, -0.15) is 0 Å². The van der Waals surface area contributed by atoms with Gasteiger partial charge in [0.25, 0.3) is 0 Å². The van der Waals surface area contributed by atoms with Crippen LogP contribution in [0.1, 0.15) is 12.5 Å². The highest BCUT2D eigenvalue weighted by atomic mass is 35.5. The number of halogens is 1. The smallest absolute Gasteiger partial charge is 0.240 e. The van der Waals surface area contributed by atoms with Gasteiger partial charge in [0.2, 0.25) is 15.9 Å². The summed E-state index contributed by atoms with van der Waals surface area (Å²) in [5, 5.41) is 2.55. The SMILES string of the molecule is CNS(=O)(=O)c1cc(NC(=O)[C@@H](C)N)ccc1C.Cl. The molecule has 4 N–H and O–H groups in total. The summed E-state index contributed by atoms with van der Waals surface area (Å²) < 4.78 is 25.7. The van der Waals surface area contributed by atoms with Crippen LogP contribution in [0, 0.1) is 6.92 Å². The van der Waals surface area contributed by atoms with Crippen LogP contribution in [0.15, 0.2) is 23.1 Å². The van der Waals surface area contributed by atoms with Gasteiger partial charge in [0.15, 0.2) is 0 Å². The number of hydrogen-bond donors (Lipinski definition) is 3. The van der Waals surface area contributed by atoms with Crippen LogP contribution in [0.5, 0.6) is 0 Å². The Balaban J connectivity index is 0.00000324.